The molecule has 0 spiro atoms. The van der Waals surface area contributed by atoms with Crippen molar-refractivity contribution in [3.63, 3.8) is 0 Å². The predicted molar refractivity (Wildman–Crippen MR) is 111 cm³/mol. The molecule has 2 aliphatic carbocycles. The van der Waals surface area contributed by atoms with Gasteiger partial charge < -0.3 is 14.2 Å². The summed E-state index contributed by atoms with van der Waals surface area (Å²) in [5, 5.41) is 0.235. The number of ether oxygens (including phenoxy) is 1. The van der Waals surface area contributed by atoms with Crippen LogP contribution in [-0.2, 0) is 0 Å². The van der Waals surface area contributed by atoms with Gasteiger partial charge in [0.05, 0.1) is 23.6 Å². The first-order chi connectivity index (χ1) is 14.0. The number of ketones is 1. The number of anilines is 1. The van der Waals surface area contributed by atoms with Gasteiger partial charge in [-0.15, -0.1) is 0 Å². The fourth-order valence-corrected chi connectivity index (χ4v) is 5.41. The highest BCUT2D eigenvalue weighted by atomic mass is 19.1. The van der Waals surface area contributed by atoms with E-state index >= 15 is 4.39 Å². The summed E-state index contributed by atoms with van der Waals surface area (Å²) in [5.74, 6) is 0.910. The average molecular weight is 398 g/mol. The number of benzene rings is 1. The van der Waals surface area contributed by atoms with Crippen LogP contribution in [-0.4, -0.2) is 30.5 Å². The fraction of sp³-hybridized carbons (Fsp3) is 0.565. The van der Waals surface area contributed by atoms with Crippen LogP contribution in [0.5, 0.6) is 5.75 Å². The van der Waals surface area contributed by atoms with Crippen LogP contribution in [0.3, 0.4) is 0 Å². The lowest BCUT2D eigenvalue weighted by Crippen LogP contribution is -2.24. The van der Waals surface area contributed by atoms with Gasteiger partial charge in [-0.2, -0.15) is 0 Å². The Kier molecular flexibility index (Phi) is 4.41. The van der Waals surface area contributed by atoms with Gasteiger partial charge in [0.1, 0.15) is 5.69 Å². The summed E-state index contributed by atoms with van der Waals surface area (Å²) in [7, 11) is 1.54. The Bertz CT molecular complexity index is 1040. The highest BCUT2D eigenvalue weighted by Crippen LogP contribution is 2.46. The summed E-state index contributed by atoms with van der Waals surface area (Å²) in [4.78, 5) is 27.1. The maximum atomic E-state index is 15.4. The Labute approximate surface area is 169 Å². The molecule has 1 saturated heterocycles. The zero-order valence-electron chi connectivity index (χ0n) is 17.0. The summed E-state index contributed by atoms with van der Waals surface area (Å²) < 4.78 is 23.1. The molecular weight excluding hydrogens is 371 g/mol. The molecule has 0 unspecified atom stereocenters. The molecule has 2 aromatic rings. The Hall–Kier alpha value is -2.37. The monoisotopic (exact) mass is 398 g/mol. The van der Waals surface area contributed by atoms with Crippen molar-refractivity contribution in [1.82, 2.24) is 4.57 Å². The quantitative estimate of drug-likeness (QED) is 0.720. The van der Waals surface area contributed by atoms with Crippen LogP contribution < -0.4 is 15.1 Å². The second-order valence-electron chi connectivity index (χ2n) is 8.91. The molecule has 29 heavy (non-hydrogen) atoms. The normalized spacial score (nSPS) is 24.0. The molecule has 154 valence electrons. The van der Waals surface area contributed by atoms with Gasteiger partial charge in [0.15, 0.2) is 22.8 Å². The molecule has 0 N–H and O–H groups in total. The molecule has 3 fully saturated rings. The van der Waals surface area contributed by atoms with Gasteiger partial charge in [0.2, 0.25) is 0 Å². The van der Waals surface area contributed by atoms with E-state index in [1.54, 1.807) is 13.3 Å². The van der Waals surface area contributed by atoms with E-state index in [-0.39, 0.29) is 22.8 Å². The predicted octanol–water partition coefficient (Wildman–Crippen LogP) is 4.31. The number of fused-ring (bicyclic) bond motifs is 2. The number of carbonyl (C=O) groups is 1. The van der Waals surface area contributed by atoms with Crippen molar-refractivity contribution >= 4 is 22.4 Å². The molecule has 5 rings (SSSR count). The molecule has 6 heteroatoms. The van der Waals surface area contributed by atoms with Crippen LogP contribution in [0, 0.1) is 17.7 Å². The second kappa shape index (κ2) is 6.85. The van der Waals surface area contributed by atoms with Crippen molar-refractivity contribution in [1.29, 1.82) is 0 Å². The number of rotatable bonds is 4. The highest BCUT2D eigenvalue weighted by molar-refractivity contribution is 5.99. The summed E-state index contributed by atoms with van der Waals surface area (Å²) in [6.07, 6.45) is 8.53. The number of hydrogen-bond acceptors (Lipinski definition) is 4. The first-order valence-electron chi connectivity index (χ1n) is 10.7. The van der Waals surface area contributed by atoms with E-state index in [0.29, 0.717) is 28.8 Å². The van der Waals surface area contributed by atoms with Gasteiger partial charge in [-0.25, -0.2) is 4.39 Å². The van der Waals surface area contributed by atoms with E-state index in [4.69, 9.17) is 4.74 Å². The van der Waals surface area contributed by atoms with Crippen molar-refractivity contribution in [2.75, 3.05) is 25.1 Å². The molecule has 2 atom stereocenters. The van der Waals surface area contributed by atoms with E-state index in [9.17, 15) is 9.59 Å². The minimum atomic E-state index is -0.437. The highest BCUT2D eigenvalue weighted by Gasteiger charge is 2.38. The Balaban J connectivity index is 1.73. The number of carbonyl (C=O) groups excluding carboxylic acids is 1. The SMILES string of the molecule is COc1c(N2C[C@H]3CCCC[C@H]3C2)c(F)cc2c(=O)c(C(C)=O)cn(C3CC3)c12. The summed E-state index contributed by atoms with van der Waals surface area (Å²) in [6, 6.07) is 1.55. The molecule has 2 heterocycles. The minimum absolute atomic E-state index is 0.116. The molecule has 0 radical (unpaired) electrons. The number of pyridine rings is 1. The van der Waals surface area contributed by atoms with Crippen LogP contribution in [0.1, 0.15) is 61.8 Å². The van der Waals surface area contributed by atoms with Crippen LogP contribution in [0.2, 0.25) is 0 Å². The summed E-state index contributed by atoms with van der Waals surface area (Å²) in [5.41, 5.74) is 0.795. The zero-order valence-corrected chi connectivity index (χ0v) is 17.0. The number of hydrogen-bond donors (Lipinski definition) is 0. The van der Waals surface area contributed by atoms with Gasteiger partial charge in [0.25, 0.3) is 0 Å². The fourth-order valence-electron chi connectivity index (χ4n) is 5.41. The van der Waals surface area contributed by atoms with Gasteiger partial charge in [-0.1, -0.05) is 12.8 Å². The Morgan fingerprint density at radius 3 is 2.34 bits per heavy atom. The van der Waals surface area contributed by atoms with E-state index in [0.717, 1.165) is 25.9 Å². The van der Waals surface area contributed by atoms with Crippen molar-refractivity contribution in [2.45, 2.75) is 51.5 Å². The third-order valence-electron chi connectivity index (χ3n) is 7.01. The number of methoxy groups -OCH3 is 1. The molecule has 1 aromatic heterocycles. The smallest absolute Gasteiger partial charge is 0.200 e. The molecular formula is C23H27FN2O3. The van der Waals surface area contributed by atoms with Gasteiger partial charge >= 0.3 is 0 Å². The standard InChI is InChI=1S/C23H27FN2O3/c1-13(27)18-12-26(16-7-8-16)20-17(22(18)28)9-19(24)21(23(20)29-2)25-10-14-5-3-4-6-15(14)11-25/h9,12,14-16H,3-8,10-11H2,1-2H3/t14-,15+. The molecule has 0 bridgehead atoms. The third kappa shape index (κ3) is 2.95. The van der Waals surface area contributed by atoms with E-state index in [1.807, 2.05) is 4.57 Å². The maximum absolute atomic E-state index is 15.4. The van der Waals surface area contributed by atoms with Crippen LogP contribution in [0.4, 0.5) is 10.1 Å². The average Bonchev–Trinajstić information content (AvgIpc) is 3.45. The number of nitrogens with zero attached hydrogens (tertiary/aromatic N) is 2. The minimum Gasteiger partial charge on any atom is -0.492 e. The maximum Gasteiger partial charge on any atom is 0.200 e. The Morgan fingerprint density at radius 2 is 1.79 bits per heavy atom. The van der Waals surface area contributed by atoms with Gasteiger partial charge in [-0.05, 0) is 50.5 Å². The van der Waals surface area contributed by atoms with E-state index < -0.39 is 11.2 Å². The van der Waals surface area contributed by atoms with Crippen molar-refractivity contribution in [3.05, 3.63) is 33.9 Å². The molecule has 5 nitrogen and oxygen atoms in total. The topological polar surface area (TPSA) is 51.5 Å². The van der Waals surface area contributed by atoms with Crippen molar-refractivity contribution in [3.8, 4) is 5.75 Å². The molecule has 2 saturated carbocycles. The molecule has 1 aromatic carbocycles. The molecule has 3 aliphatic rings. The van der Waals surface area contributed by atoms with Gasteiger partial charge in [-0.3, -0.25) is 9.59 Å². The summed E-state index contributed by atoms with van der Waals surface area (Å²) in [6.45, 7) is 3.05. The summed E-state index contributed by atoms with van der Waals surface area (Å²) >= 11 is 0. The first-order valence-corrected chi connectivity index (χ1v) is 10.7. The number of aromatic nitrogens is 1. The molecule has 1 aliphatic heterocycles. The van der Waals surface area contributed by atoms with Crippen LogP contribution >= 0.6 is 0 Å². The Morgan fingerprint density at radius 1 is 1.14 bits per heavy atom. The zero-order chi connectivity index (χ0) is 20.3. The van der Waals surface area contributed by atoms with E-state index in [1.165, 1.54) is 38.7 Å². The van der Waals surface area contributed by atoms with Gasteiger partial charge in [0, 0.05) is 25.3 Å². The lowest BCUT2D eigenvalue weighted by molar-refractivity contribution is 0.101. The number of Topliss-reactive ketones (excluding diaryl/α,β-unsaturated/α-hetero) is 1. The van der Waals surface area contributed by atoms with Crippen molar-refractivity contribution in [2.24, 2.45) is 11.8 Å². The first kappa shape index (κ1) is 18.6. The van der Waals surface area contributed by atoms with Crippen LogP contribution in [0.25, 0.3) is 10.9 Å². The second-order valence-corrected chi connectivity index (χ2v) is 8.91. The molecule has 0 amide bonds. The van der Waals surface area contributed by atoms with Crippen molar-refractivity contribution < 1.29 is 13.9 Å². The lowest BCUT2D eigenvalue weighted by atomic mass is 9.82. The lowest BCUT2D eigenvalue weighted by Gasteiger charge is -2.25. The number of halogens is 1. The largest absolute Gasteiger partial charge is 0.492 e. The third-order valence-corrected chi connectivity index (χ3v) is 7.01. The van der Waals surface area contributed by atoms with Crippen LogP contribution in [0.15, 0.2) is 17.1 Å². The van der Waals surface area contributed by atoms with E-state index in [2.05, 4.69) is 4.90 Å².